The van der Waals surface area contributed by atoms with Gasteiger partial charge in [0.05, 0.1) is 44.0 Å². The second kappa shape index (κ2) is 14.0. The molecule has 1 aromatic heterocycles. The Hall–Kier alpha value is -3.00. The summed E-state index contributed by atoms with van der Waals surface area (Å²) in [6.45, 7) is 19.0. The van der Waals surface area contributed by atoms with E-state index in [1.54, 1.807) is 13.3 Å². The number of piperidine rings is 3. The number of rotatable bonds is 12. The summed E-state index contributed by atoms with van der Waals surface area (Å²) >= 11 is 0. The van der Waals surface area contributed by atoms with Crippen molar-refractivity contribution >= 4 is 23.3 Å². The lowest BCUT2D eigenvalue weighted by molar-refractivity contribution is -0.984. The maximum absolute atomic E-state index is 12.2. The molecule has 5 atom stereocenters. The number of nitrogens with zero attached hydrogens (tertiary/aromatic N) is 2. The summed E-state index contributed by atoms with van der Waals surface area (Å²) in [5.41, 5.74) is 2.88. The maximum atomic E-state index is 12.2. The molecule has 2 aromatic carbocycles. The molecule has 0 spiro atoms. The average molecular weight is 626 g/mol. The van der Waals surface area contributed by atoms with Gasteiger partial charge in [-0.05, 0) is 89.4 Å². The van der Waals surface area contributed by atoms with Crippen LogP contribution in [0.15, 0.2) is 55.3 Å². The van der Waals surface area contributed by atoms with Gasteiger partial charge in [0.25, 0.3) is 0 Å². The van der Waals surface area contributed by atoms with Gasteiger partial charge in [-0.25, -0.2) is 0 Å². The highest BCUT2D eigenvalue weighted by Gasteiger charge is 2.54. The van der Waals surface area contributed by atoms with Crippen molar-refractivity contribution in [2.24, 2.45) is 11.8 Å². The minimum Gasteiger partial charge on any atom is -0.497 e. The second-order valence-electron chi connectivity index (χ2n) is 13.2. The van der Waals surface area contributed by atoms with Crippen LogP contribution >= 0.6 is 12.4 Å². The number of quaternary nitrogens is 1. The maximum Gasteiger partial charge on any atom is 0.203 e. The average Bonchev–Trinajstić information content (AvgIpc) is 2.97. The van der Waals surface area contributed by atoms with Gasteiger partial charge in [0.15, 0.2) is 11.5 Å². The van der Waals surface area contributed by atoms with Gasteiger partial charge < -0.3 is 28.5 Å². The molecular formula is C36H50ClN2O5+. The fraction of sp³-hybridized carbons (Fsp3) is 0.528. The molecule has 0 saturated carbocycles. The van der Waals surface area contributed by atoms with Gasteiger partial charge in [0.1, 0.15) is 24.4 Å². The normalized spacial score (nSPS) is 23.5. The van der Waals surface area contributed by atoms with E-state index >= 15 is 0 Å². The van der Waals surface area contributed by atoms with E-state index in [9.17, 15) is 5.11 Å². The van der Waals surface area contributed by atoms with E-state index in [1.807, 2.05) is 65.8 Å². The molecule has 2 bridgehead atoms. The van der Waals surface area contributed by atoms with Crippen molar-refractivity contribution in [1.29, 1.82) is 0 Å². The summed E-state index contributed by atoms with van der Waals surface area (Å²) in [5, 5.41) is 13.2. The number of halogens is 1. The molecule has 3 aromatic rings. The first kappa shape index (κ1) is 33.9. The predicted octanol–water partition coefficient (Wildman–Crippen LogP) is 7.67. The Morgan fingerprint density at radius 2 is 1.64 bits per heavy atom. The van der Waals surface area contributed by atoms with Crippen molar-refractivity contribution in [3.63, 3.8) is 0 Å². The van der Waals surface area contributed by atoms with Gasteiger partial charge in [0.2, 0.25) is 5.75 Å². The van der Waals surface area contributed by atoms with E-state index in [0.717, 1.165) is 64.7 Å². The highest BCUT2D eigenvalue weighted by Crippen LogP contribution is 2.49. The molecule has 1 N–H and O–H groups in total. The quantitative estimate of drug-likeness (QED) is 0.165. The third-order valence-corrected chi connectivity index (χ3v) is 9.00. The Morgan fingerprint density at radius 1 is 0.977 bits per heavy atom. The Kier molecular flexibility index (Phi) is 10.8. The summed E-state index contributed by atoms with van der Waals surface area (Å²) in [5.74, 6) is 3.73. The largest absolute Gasteiger partial charge is 0.497 e. The first-order chi connectivity index (χ1) is 20.5. The molecule has 3 unspecified atom stereocenters. The van der Waals surface area contributed by atoms with E-state index < -0.39 is 6.10 Å². The molecule has 3 saturated heterocycles. The smallest absolute Gasteiger partial charge is 0.203 e. The van der Waals surface area contributed by atoms with Crippen LogP contribution in [0.5, 0.6) is 23.0 Å². The molecule has 4 heterocycles. The third kappa shape index (κ3) is 6.95. The van der Waals surface area contributed by atoms with E-state index in [1.165, 1.54) is 0 Å². The van der Waals surface area contributed by atoms with Crippen LogP contribution in [0.2, 0.25) is 0 Å². The van der Waals surface area contributed by atoms with Crippen LogP contribution in [0.1, 0.15) is 71.6 Å². The van der Waals surface area contributed by atoms with Crippen molar-refractivity contribution in [2.45, 2.75) is 91.4 Å². The monoisotopic (exact) mass is 625 g/mol. The molecule has 6 rings (SSSR count). The van der Waals surface area contributed by atoms with E-state index in [2.05, 4.69) is 29.8 Å². The molecule has 3 aliphatic heterocycles. The zero-order valence-electron chi connectivity index (χ0n) is 27.3. The molecular weight excluding hydrogens is 576 g/mol. The van der Waals surface area contributed by atoms with Crippen molar-refractivity contribution in [2.75, 3.05) is 20.2 Å². The molecule has 0 amide bonds. The number of aliphatic hydroxyl groups excluding tert-OH is 1. The van der Waals surface area contributed by atoms with Crippen LogP contribution in [-0.2, 0) is 6.54 Å². The molecule has 8 heteroatoms. The fourth-order valence-electron chi connectivity index (χ4n) is 7.24. The lowest BCUT2D eigenvalue weighted by atomic mass is 9.71. The number of hydrogen-bond donors (Lipinski definition) is 1. The first-order valence-corrected chi connectivity index (χ1v) is 15.8. The lowest BCUT2D eigenvalue weighted by Crippen LogP contribution is -2.67. The Labute approximate surface area is 269 Å². The van der Waals surface area contributed by atoms with Crippen LogP contribution < -0.4 is 18.9 Å². The summed E-state index contributed by atoms with van der Waals surface area (Å²) in [7, 11) is 1.67. The first-order valence-electron chi connectivity index (χ1n) is 15.8. The van der Waals surface area contributed by atoms with Crippen molar-refractivity contribution < 1.29 is 28.5 Å². The van der Waals surface area contributed by atoms with Gasteiger partial charge in [-0.1, -0.05) is 6.08 Å². The molecule has 0 aliphatic carbocycles. The second-order valence-corrected chi connectivity index (χ2v) is 13.2. The summed E-state index contributed by atoms with van der Waals surface area (Å²) in [6.07, 6.45) is 5.25. The SMILES string of the molecule is C=CC1C[N+]2(Cc3cc(OC(C)C)c(OC(C)C)c(OC(C)C)c3)CCC1C[C@H]2[C@H](O)c1ccnc2ccc(OC)cc12.Cl. The Morgan fingerprint density at radius 3 is 2.23 bits per heavy atom. The van der Waals surface area contributed by atoms with Crippen LogP contribution in [0.4, 0.5) is 0 Å². The molecule has 240 valence electrons. The van der Waals surface area contributed by atoms with E-state index in [4.69, 9.17) is 18.9 Å². The number of pyridine rings is 1. The third-order valence-electron chi connectivity index (χ3n) is 9.00. The van der Waals surface area contributed by atoms with Gasteiger partial charge in [-0.3, -0.25) is 4.98 Å². The standard InChI is InChI=1S/C36H49N2O5.ClH/c1-9-26-21-38(20-25-16-33(41-22(2)3)36(43-24(6)7)34(17-25)42-23(4)5)15-13-27(26)18-32(38)35(39)29-12-14-37-31-11-10-28(40-8)19-30(29)31;/h9-12,14,16-17,19,22-24,26-27,32,35,39H,1,13,15,18,20-21H2,2-8H3;1H/q+1;/t26?,27?,32-,35+,38?;/m0./s1. The number of benzene rings is 2. The van der Waals surface area contributed by atoms with Crippen molar-refractivity contribution in [1.82, 2.24) is 4.98 Å². The van der Waals surface area contributed by atoms with Crippen LogP contribution in [0.25, 0.3) is 10.9 Å². The van der Waals surface area contributed by atoms with Gasteiger partial charge in [-0.2, -0.15) is 0 Å². The van der Waals surface area contributed by atoms with Crippen molar-refractivity contribution in [3.8, 4) is 23.0 Å². The summed E-state index contributed by atoms with van der Waals surface area (Å²) in [6, 6.07) is 12.1. The minimum atomic E-state index is -0.660. The molecule has 7 nitrogen and oxygen atoms in total. The number of ether oxygens (including phenoxy) is 4. The van der Waals surface area contributed by atoms with Crippen LogP contribution in [0, 0.1) is 11.8 Å². The molecule has 3 aliphatic rings. The van der Waals surface area contributed by atoms with Crippen LogP contribution in [0.3, 0.4) is 0 Å². The zero-order valence-corrected chi connectivity index (χ0v) is 28.1. The summed E-state index contributed by atoms with van der Waals surface area (Å²) < 4.78 is 25.2. The Bertz CT molecular complexity index is 1410. The predicted molar refractivity (Wildman–Crippen MR) is 178 cm³/mol. The highest BCUT2D eigenvalue weighted by atomic mass is 35.5. The number of hydrogen-bond acceptors (Lipinski definition) is 6. The zero-order chi connectivity index (χ0) is 30.9. The Balaban J connectivity index is 0.00000442. The number of methoxy groups -OCH3 is 1. The van der Waals surface area contributed by atoms with E-state index in [-0.39, 0.29) is 36.8 Å². The highest BCUT2D eigenvalue weighted by molar-refractivity contribution is 5.85. The van der Waals surface area contributed by atoms with Gasteiger partial charge in [-0.15, -0.1) is 19.0 Å². The van der Waals surface area contributed by atoms with Gasteiger partial charge in [0, 0.05) is 35.9 Å². The molecule has 0 radical (unpaired) electrons. The number of aromatic nitrogens is 1. The minimum absolute atomic E-state index is 0. The molecule has 44 heavy (non-hydrogen) atoms. The lowest BCUT2D eigenvalue weighted by Gasteiger charge is -2.58. The topological polar surface area (TPSA) is 70.0 Å². The number of fused-ring (bicyclic) bond motifs is 4. The van der Waals surface area contributed by atoms with Crippen molar-refractivity contribution in [3.05, 3.63) is 66.4 Å². The molecule has 3 fully saturated rings. The number of aliphatic hydroxyl groups is 1. The van der Waals surface area contributed by atoms with E-state index in [0.29, 0.717) is 29.1 Å². The fourth-order valence-corrected chi connectivity index (χ4v) is 7.24. The van der Waals surface area contributed by atoms with Gasteiger partial charge >= 0.3 is 0 Å². The van der Waals surface area contributed by atoms with Crippen LogP contribution in [-0.4, -0.2) is 59.1 Å². The summed E-state index contributed by atoms with van der Waals surface area (Å²) in [4.78, 5) is 4.57.